The number of imidazole rings is 1. The van der Waals surface area contributed by atoms with Crippen molar-refractivity contribution in [3.63, 3.8) is 0 Å². The minimum Gasteiger partial charge on any atom is -0.493 e. The highest BCUT2D eigenvalue weighted by Crippen LogP contribution is 2.34. The van der Waals surface area contributed by atoms with E-state index in [1.54, 1.807) is 0 Å². The van der Waals surface area contributed by atoms with Gasteiger partial charge in [-0.15, -0.1) is 0 Å². The van der Waals surface area contributed by atoms with Crippen molar-refractivity contribution < 1.29 is 9.53 Å². The van der Waals surface area contributed by atoms with Crippen LogP contribution in [0.1, 0.15) is 47.7 Å². The van der Waals surface area contributed by atoms with Gasteiger partial charge in [0.05, 0.1) is 17.6 Å². The Kier molecular flexibility index (Phi) is 6.58. The molecule has 3 aromatic carbocycles. The highest BCUT2D eigenvalue weighted by molar-refractivity contribution is 5.96. The van der Waals surface area contributed by atoms with Gasteiger partial charge in [-0.2, -0.15) is 0 Å². The fraction of sp³-hybridized carbons (Fsp3) is 0.333. The van der Waals surface area contributed by atoms with E-state index in [4.69, 9.17) is 9.72 Å². The van der Waals surface area contributed by atoms with Crippen LogP contribution in [-0.4, -0.2) is 28.6 Å². The van der Waals surface area contributed by atoms with Gasteiger partial charge in [-0.05, 0) is 80.6 Å². The van der Waals surface area contributed by atoms with Crippen molar-refractivity contribution in [2.24, 2.45) is 0 Å². The fourth-order valence-electron chi connectivity index (χ4n) is 5.15. The number of hydrogen-bond donors (Lipinski definition) is 0. The Morgan fingerprint density at radius 2 is 1.69 bits per heavy atom. The number of rotatable bonds is 8. The third-order valence-electron chi connectivity index (χ3n) is 6.82. The van der Waals surface area contributed by atoms with Crippen molar-refractivity contribution in [2.75, 3.05) is 18.1 Å². The van der Waals surface area contributed by atoms with Gasteiger partial charge in [-0.25, -0.2) is 4.98 Å². The van der Waals surface area contributed by atoms with E-state index in [0.29, 0.717) is 19.6 Å². The molecule has 0 spiro atoms. The lowest BCUT2D eigenvalue weighted by Gasteiger charge is -2.19. The molecule has 1 unspecified atom stereocenters. The maximum atomic E-state index is 13.0. The van der Waals surface area contributed by atoms with Crippen LogP contribution >= 0.6 is 0 Å². The largest absolute Gasteiger partial charge is 0.493 e. The predicted octanol–water partition coefficient (Wildman–Crippen LogP) is 6.34. The molecule has 0 N–H and O–H groups in total. The number of ether oxygens (including phenoxy) is 1. The van der Waals surface area contributed by atoms with Gasteiger partial charge in [0.1, 0.15) is 11.6 Å². The average molecular weight is 468 g/mol. The molecular formula is C30H33N3O2. The Morgan fingerprint density at radius 3 is 2.49 bits per heavy atom. The summed E-state index contributed by atoms with van der Waals surface area (Å²) in [5, 5.41) is 0. The van der Waals surface area contributed by atoms with Gasteiger partial charge in [-0.1, -0.05) is 36.4 Å². The highest BCUT2D eigenvalue weighted by atomic mass is 16.5. The molecule has 0 bridgehead atoms. The lowest BCUT2D eigenvalue weighted by molar-refractivity contribution is -0.117. The van der Waals surface area contributed by atoms with Gasteiger partial charge in [0, 0.05) is 31.1 Å². The monoisotopic (exact) mass is 467 g/mol. The quantitative estimate of drug-likeness (QED) is 0.284. The van der Waals surface area contributed by atoms with Crippen LogP contribution < -0.4 is 9.64 Å². The number of carbonyl (C=O) groups excluding carboxylic acids is 1. The van der Waals surface area contributed by atoms with E-state index in [1.165, 1.54) is 11.1 Å². The zero-order chi connectivity index (χ0) is 24.4. The molecule has 1 atom stereocenters. The Bertz CT molecular complexity index is 1340. The van der Waals surface area contributed by atoms with Gasteiger partial charge in [-0.3, -0.25) is 4.79 Å². The van der Waals surface area contributed by atoms with Gasteiger partial charge in [0.15, 0.2) is 0 Å². The van der Waals surface area contributed by atoms with Crippen LogP contribution in [0, 0.1) is 20.8 Å². The normalized spacial score (nSPS) is 15.8. The first-order valence-electron chi connectivity index (χ1n) is 12.5. The summed E-state index contributed by atoms with van der Waals surface area (Å²) >= 11 is 0. The van der Waals surface area contributed by atoms with Crippen molar-refractivity contribution in [3.05, 3.63) is 89.2 Å². The molecule has 5 rings (SSSR count). The Labute approximate surface area is 207 Å². The molecule has 0 radical (unpaired) electrons. The first-order chi connectivity index (χ1) is 17.0. The molecule has 1 aliphatic heterocycles. The summed E-state index contributed by atoms with van der Waals surface area (Å²) in [6.07, 6.45) is 2.44. The number of amides is 1. The molecule has 1 aromatic heterocycles. The van der Waals surface area contributed by atoms with Gasteiger partial charge in [0.2, 0.25) is 5.91 Å². The maximum Gasteiger partial charge on any atom is 0.227 e. The maximum absolute atomic E-state index is 13.0. The standard InChI is InChI=1S/C30H33N3O2/c1-21-16-22(2)18-25(17-21)33-20-24(19-29(33)34)30-31-26-11-5-6-12-27(26)32(30)14-8-9-15-35-28-13-7-4-10-23(28)3/h4-7,10-13,16-18,24H,8-9,14-15,19-20H2,1-3H3. The number of hydrogen-bond acceptors (Lipinski definition) is 3. The summed E-state index contributed by atoms with van der Waals surface area (Å²) in [6, 6.07) is 22.8. The molecule has 4 aromatic rings. The van der Waals surface area contributed by atoms with Crippen LogP contribution in [0.5, 0.6) is 5.75 Å². The fourth-order valence-corrected chi connectivity index (χ4v) is 5.15. The lowest BCUT2D eigenvalue weighted by atomic mass is 10.1. The number of nitrogens with zero attached hydrogens (tertiary/aromatic N) is 3. The van der Waals surface area contributed by atoms with Crippen LogP contribution in [0.3, 0.4) is 0 Å². The van der Waals surface area contributed by atoms with E-state index in [0.717, 1.165) is 53.2 Å². The zero-order valence-electron chi connectivity index (χ0n) is 20.8. The highest BCUT2D eigenvalue weighted by Gasteiger charge is 2.35. The van der Waals surface area contributed by atoms with E-state index in [-0.39, 0.29) is 11.8 Å². The van der Waals surface area contributed by atoms with E-state index in [2.05, 4.69) is 67.8 Å². The van der Waals surface area contributed by atoms with Crippen LogP contribution in [0.25, 0.3) is 11.0 Å². The summed E-state index contributed by atoms with van der Waals surface area (Å²) in [5.74, 6) is 2.23. The molecule has 1 fully saturated rings. The third kappa shape index (κ3) is 4.95. The summed E-state index contributed by atoms with van der Waals surface area (Å²) in [6.45, 7) is 8.45. The van der Waals surface area contributed by atoms with Gasteiger partial charge < -0.3 is 14.2 Å². The molecule has 2 heterocycles. The van der Waals surface area contributed by atoms with Crippen molar-refractivity contribution in [3.8, 4) is 5.75 Å². The number of fused-ring (bicyclic) bond motifs is 1. The molecule has 0 saturated carbocycles. The van der Waals surface area contributed by atoms with E-state index in [1.807, 2.05) is 29.2 Å². The Balaban J connectivity index is 1.31. The van der Waals surface area contributed by atoms with Gasteiger partial charge >= 0.3 is 0 Å². The second kappa shape index (κ2) is 9.95. The summed E-state index contributed by atoms with van der Waals surface area (Å²) in [5.41, 5.74) is 6.64. The summed E-state index contributed by atoms with van der Waals surface area (Å²) < 4.78 is 8.32. The average Bonchev–Trinajstić information content (AvgIpc) is 3.40. The van der Waals surface area contributed by atoms with Crippen LogP contribution in [-0.2, 0) is 11.3 Å². The van der Waals surface area contributed by atoms with Crippen LogP contribution in [0.2, 0.25) is 0 Å². The molecule has 5 nitrogen and oxygen atoms in total. The molecule has 180 valence electrons. The molecule has 0 aliphatic carbocycles. The number of carbonyl (C=O) groups is 1. The first-order valence-corrected chi connectivity index (χ1v) is 12.5. The van der Waals surface area contributed by atoms with Crippen molar-refractivity contribution in [2.45, 2.75) is 52.5 Å². The topological polar surface area (TPSA) is 47.4 Å². The van der Waals surface area contributed by atoms with Crippen LogP contribution in [0.15, 0.2) is 66.7 Å². The minimum atomic E-state index is 0.0823. The summed E-state index contributed by atoms with van der Waals surface area (Å²) in [4.78, 5) is 20.0. The lowest BCUT2D eigenvalue weighted by Crippen LogP contribution is -2.24. The predicted molar refractivity (Wildman–Crippen MR) is 141 cm³/mol. The number of benzene rings is 3. The third-order valence-corrected chi connectivity index (χ3v) is 6.82. The first kappa shape index (κ1) is 23.2. The number of aromatic nitrogens is 2. The molecule has 1 amide bonds. The molecule has 5 heteroatoms. The number of para-hydroxylation sites is 3. The summed E-state index contributed by atoms with van der Waals surface area (Å²) in [7, 11) is 0. The number of anilines is 1. The van der Waals surface area contributed by atoms with E-state index in [9.17, 15) is 4.79 Å². The number of aryl methyl sites for hydroxylation is 4. The minimum absolute atomic E-state index is 0.0823. The molecular weight excluding hydrogens is 434 g/mol. The second-order valence-electron chi connectivity index (χ2n) is 9.68. The Hall–Kier alpha value is -3.60. The Morgan fingerprint density at radius 1 is 0.943 bits per heavy atom. The van der Waals surface area contributed by atoms with Crippen molar-refractivity contribution in [1.82, 2.24) is 9.55 Å². The van der Waals surface area contributed by atoms with Crippen LogP contribution in [0.4, 0.5) is 5.69 Å². The second-order valence-corrected chi connectivity index (χ2v) is 9.68. The molecule has 1 aliphatic rings. The van der Waals surface area contributed by atoms with E-state index < -0.39 is 0 Å². The van der Waals surface area contributed by atoms with Gasteiger partial charge in [0.25, 0.3) is 0 Å². The smallest absolute Gasteiger partial charge is 0.227 e. The van der Waals surface area contributed by atoms with Crippen molar-refractivity contribution >= 4 is 22.6 Å². The number of unbranched alkanes of at least 4 members (excludes halogenated alkanes) is 1. The van der Waals surface area contributed by atoms with E-state index >= 15 is 0 Å². The van der Waals surface area contributed by atoms with Crippen molar-refractivity contribution in [1.29, 1.82) is 0 Å². The molecule has 1 saturated heterocycles. The molecule has 35 heavy (non-hydrogen) atoms. The zero-order valence-corrected chi connectivity index (χ0v) is 20.8. The SMILES string of the molecule is Cc1cc(C)cc(N2CC(c3nc4ccccc4n3CCCCOc3ccccc3C)CC2=O)c1.